The molecule has 1 atom stereocenters. The molecule has 0 N–H and O–H groups in total. The molecule has 1 unspecified atom stereocenters. The second-order valence-electron chi connectivity index (χ2n) is 6.57. The summed E-state index contributed by atoms with van der Waals surface area (Å²) in [5.74, 6) is 0.235. The van der Waals surface area contributed by atoms with Crippen LogP contribution in [0.15, 0.2) is 12.4 Å². The summed E-state index contributed by atoms with van der Waals surface area (Å²) >= 11 is 0. The maximum atomic E-state index is 12.6. The van der Waals surface area contributed by atoms with Crippen LogP contribution in [-0.4, -0.2) is 9.97 Å². The molecule has 0 radical (unpaired) electrons. The van der Waals surface area contributed by atoms with Crippen molar-refractivity contribution in [2.24, 2.45) is 0 Å². The lowest BCUT2D eigenvalue weighted by Crippen LogP contribution is -2.11. The van der Waals surface area contributed by atoms with E-state index in [1.807, 2.05) is 0 Å². The lowest BCUT2D eigenvalue weighted by Gasteiger charge is -2.17. The van der Waals surface area contributed by atoms with Crippen LogP contribution in [-0.2, 0) is 6.18 Å². The topological polar surface area (TPSA) is 25.8 Å². The van der Waals surface area contributed by atoms with Crippen molar-refractivity contribution in [2.75, 3.05) is 0 Å². The van der Waals surface area contributed by atoms with Gasteiger partial charge >= 0.3 is 6.18 Å². The molecule has 0 fully saturated rings. The first-order chi connectivity index (χ1) is 11.5. The third-order valence-electron chi connectivity index (χ3n) is 4.44. The van der Waals surface area contributed by atoms with E-state index in [2.05, 4.69) is 23.8 Å². The Bertz CT molecular complexity index is 429. The van der Waals surface area contributed by atoms with E-state index in [0.29, 0.717) is 0 Å². The molecule has 0 aromatic carbocycles. The summed E-state index contributed by atoms with van der Waals surface area (Å²) in [7, 11) is 0. The summed E-state index contributed by atoms with van der Waals surface area (Å²) in [5.41, 5.74) is -0.186. The van der Waals surface area contributed by atoms with Gasteiger partial charge in [-0.05, 0) is 12.8 Å². The first kappa shape index (κ1) is 20.9. The van der Waals surface area contributed by atoms with Gasteiger partial charge in [-0.15, -0.1) is 0 Å². The van der Waals surface area contributed by atoms with Crippen LogP contribution in [0.25, 0.3) is 0 Å². The average molecular weight is 344 g/mol. The fourth-order valence-electron chi connectivity index (χ4n) is 2.95. The zero-order valence-corrected chi connectivity index (χ0v) is 15.0. The molecule has 5 heteroatoms. The molecular formula is C19H31F3N2. The quantitative estimate of drug-likeness (QED) is 0.385. The van der Waals surface area contributed by atoms with E-state index >= 15 is 0 Å². The van der Waals surface area contributed by atoms with E-state index < -0.39 is 11.9 Å². The molecule has 0 saturated carbocycles. The van der Waals surface area contributed by atoms with Crippen LogP contribution < -0.4 is 0 Å². The lowest BCUT2D eigenvalue weighted by molar-refractivity contribution is -0.141. The Labute approximate surface area is 144 Å². The van der Waals surface area contributed by atoms with Crippen LogP contribution >= 0.6 is 0 Å². The minimum atomic E-state index is -4.41. The zero-order chi connectivity index (χ0) is 17.8. The Balaban J connectivity index is 2.61. The molecule has 1 aromatic rings. The van der Waals surface area contributed by atoms with Crippen molar-refractivity contribution in [3.63, 3.8) is 0 Å². The second kappa shape index (κ2) is 11.4. The molecule has 24 heavy (non-hydrogen) atoms. The Morgan fingerprint density at radius 2 is 1.33 bits per heavy atom. The van der Waals surface area contributed by atoms with E-state index in [0.717, 1.165) is 37.6 Å². The standard InChI is InChI=1S/C19H31F3N2/c1-3-5-7-9-11-13-16(12-10-8-6-4-2)17-14-24-18(15-23-17)19(20,21)22/h14-16H,3-13H2,1-2H3. The van der Waals surface area contributed by atoms with Crippen molar-refractivity contribution < 1.29 is 13.2 Å². The van der Waals surface area contributed by atoms with Gasteiger partial charge in [0, 0.05) is 12.1 Å². The van der Waals surface area contributed by atoms with Crippen molar-refractivity contribution in [3.8, 4) is 0 Å². The molecule has 0 bridgehead atoms. The van der Waals surface area contributed by atoms with Crippen LogP contribution in [0.1, 0.15) is 102 Å². The molecule has 1 heterocycles. The summed E-state index contributed by atoms with van der Waals surface area (Å²) in [6.45, 7) is 4.36. The number of rotatable bonds is 12. The lowest BCUT2D eigenvalue weighted by atomic mass is 9.92. The van der Waals surface area contributed by atoms with Crippen LogP contribution in [0.3, 0.4) is 0 Å². The fourth-order valence-corrected chi connectivity index (χ4v) is 2.95. The molecule has 1 aromatic heterocycles. The molecular weight excluding hydrogens is 313 g/mol. The van der Waals surface area contributed by atoms with Gasteiger partial charge in [0.1, 0.15) is 0 Å². The Morgan fingerprint density at radius 1 is 0.792 bits per heavy atom. The summed E-state index contributed by atoms with van der Waals surface area (Å²) in [6, 6.07) is 0. The van der Waals surface area contributed by atoms with Gasteiger partial charge < -0.3 is 0 Å². The van der Waals surface area contributed by atoms with Gasteiger partial charge in [-0.25, -0.2) is 4.98 Å². The summed E-state index contributed by atoms with van der Waals surface area (Å²) in [5, 5.41) is 0. The molecule has 138 valence electrons. The van der Waals surface area contributed by atoms with Gasteiger partial charge in [-0.3, -0.25) is 4.98 Å². The molecule has 0 aliphatic carbocycles. The average Bonchev–Trinajstić information content (AvgIpc) is 2.56. The van der Waals surface area contributed by atoms with E-state index in [-0.39, 0.29) is 5.92 Å². The number of hydrogen-bond acceptors (Lipinski definition) is 2. The predicted molar refractivity (Wildman–Crippen MR) is 91.9 cm³/mol. The highest BCUT2D eigenvalue weighted by molar-refractivity contribution is 5.09. The summed E-state index contributed by atoms with van der Waals surface area (Å²) in [6.07, 6.45) is 10.5. The largest absolute Gasteiger partial charge is 0.434 e. The number of aromatic nitrogens is 2. The molecule has 0 aliphatic heterocycles. The normalized spacial score (nSPS) is 13.2. The SMILES string of the molecule is CCCCCCCC(CCCCCC)c1cnc(C(F)(F)F)cn1. The van der Waals surface area contributed by atoms with Crippen LogP contribution in [0.5, 0.6) is 0 Å². The van der Waals surface area contributed by atoms with Crippen molar-refractivity contribution in [1.82, 2.24) is 9.97 Å². The highest BCUT2D eigenvalue weighted by Crippen LogP contribution is 2.30. The molecule has 0 saturated heterocycles. The zero-order valence-electron chi connectivity index (χ0n) is 15.0. The summed E-state index contributed by atoms with van der Waals surface area (Å²) < 4.78 is 37.9. The van der Waals surface area contributed by atoms with Crippen molar-refractivity contribution in [2.45, 2.75) is 96.6 Å². The van der Waals surface area contributed by atoms with E-state index in [1.165, 1.54) is 51.1 Å². The predicted octanol–water partition coefficient (Wildman–Crippen LogP) is 6.91. The van der Waals surface area contributed by atoms with E-state index in [9.17, 15) is 13.2 Å². The van der Waals surface area contributed by atoms with E-state index in [1.54, 1.807) is 0 Å². The molecule has 0 amide bonds. The fraction of sp³-hybridized carbons (Fsp3) is 0.789. The Morgan fingerprint density at radius 3 is 1.79 bits per heavy atom. The minimum Gasteiger partial charge on any atom is -0.257 e. The maximum absolute atomic E-state index is 12.6. The van der Waals surface area contributed by atoms with Gasteiger partial charge in [0.05, 0.1) is 11.9 Å². The molecule has 0 spiro atoms. The molecule has 2 nitrogen and oxygen atoms in total. The molecule has 0 aliphatic rings. The maximum Gasteiger partial charge on any atom is 0.434 e. The second-order valence-corrected chi connectivity index (χ2v) is 6.57. The van der Waals surface area contributed by atoms with Crippen LogP contribution in [0.4, 0.5) is 13.2 Å². The Hall–Kier alpha value is -1.13. The number of unbranched alkanes of at least 4 members (excludes halogenated alkanes) is 7. The third-order valence-corrected chi connectivity index (χ3v) is 4.44. The van der Waals surface area contributed by atoms with Gasteiger partial charge in [-0.2, -0.15) is 13.2 Å². The summed E-state index contributed by atoms with van der Waals surface area (Å²) in [4.78, 5) is 7.66. The highest BCUT2D eigenvalue weighted by Gasteiger charge is 2.33. The number of nitrogens with zero attached hydrogens (tertiary/aromatic N) is 2. The first-order valence-electron chi connectivity index (χ1n) is 9.38. The van der Waals surface area contributed by atoms with Crippen molar-refractivity contribution in [1.29, 1.82) is 0 Å². The number of halogens is 3. The van der Waals surface area contributed by atoms with Crippen molar-refractivity contribution >= 4 is 0 Å². The Kier molecular flexibility index (Phi) is 9.96. The smallest absolute Gasteiger partial charge is 0.257 e. The van der Waals surface area contributed by atoms with Gasteiger partial charge in [0.25, 0.3) is 0 Å². The molecule has 1 rings (SSSR count). The van der Waals surface area contributed by atoms with Crippen LogP contribution in [0, 0.1) is 0 Å². The van der Waals surface area contributed by atoms with Gasteiger partial charge in [0.2, 0.25) is 0 Å². The monoisotopic (exact) mass is 344 g/mol. The number of hydrogen-bond donors (Lipinski definition) is 0. The third kappa shape index (κ3) is 8.11. The minimum absolute atomic E-state index is 0.235. The van der Waals surface area contributed by atoms with Crippen molar-refractivity contribution in [3.05, 3.63) is 23.8 Å². The van der Waals surface area contributed by atoms with Gasteiger partial charge in [-0.1, -0.05) is 71.6 Å². The number of alkyl halides is 3. The van der Waals surface area contributed by atoms with Crippen LogP contribution in [0.2, 0.25) is 0 Å². The highest BCUT2D eigenvalue weighted by atomic mass is 19.4. The van der Waals surface area contributed by atoms with E-state index in [4.69, 9.17) is 0 Å². The van der Waals surface area contributed by atoms with Gasteiger partial charge in [0.15, 0.2) is 5.69 Å². The first-order valence-corrected chi connectivity index (χ1v) is 9.38.